The van der Waals surface area contributed by atoms with Crippen molar-refractivity contribution in [1.82, 2.24) is 39.8 Å². The summed E-state index contributed by atoms with van der Waals surface area (Å²) < 4.78 is 3.44. The fourth-order valence-electron chi connectivity index (χ4n) is 3.05. The number of nitrogens with zero attached hydrogens (tertiary/aromatic N) is 8. The zero-order valence-corrected chi connectivity index (χ0v) is 14.0. The van der Waals surface area contributed by atoms with Gasteiger partial charge in [0.2, 0.25) is 5.91 Å². The summed E-state index contributed by atoms with van der Waals surface area (Å²) in [5.41, 5.74) is 0. The highest BCUT2D eigenvalue weighted by Crippen LogP contribution is 2.11. The maximum absolute atomic E-state index is 12.4. The molecule has 3 heterocycles. The van der Waals surface area contributed by atoms with Gasteiger partial charge in [0.15, 0.2) is 0 Å². The molecule has 1 atom stereocenters. The molecule has 0 aliphatic carbocycles. The van der Waals surface area contributed by atoms with Crippen molar-refractivity contribution in [2.75, 3.05) is 26.2 Å². The molecule has 1 saturated heterocycles. The number of carbonyl (C=O) groups excluding carboxylic acids is 1. The monoisotopic (exact) mass is 332 g/mol. The molecular formula is C15H24N8O. The molecule has 9 nitrogen and oxygen atoms in total. The molecule has 0 saturated carbocycles. The van der Waals surface area contributed by atoms with E-state index in [1.165, 1.54) is 11.0 Å². The van der Waals surface area contributed by atoms with Crippen LogP contribution in [-0.4, -0.2) is 77.9 Å². The molecule has 0 radical (unpaired) electrons. The Morgan fingerprint density at radius 1 is 1.21 bits per heavy atom. The van der Waals surface area contributed by atoms with E-state index < -0.39 is 0 Å². The summed E-state index contributed by atoms with van der Waals surface area (Å²) in [5, 5.41) is 15.1. The van der Waals surface area contributed by atoms with Crippen molar-refractivity contribution in [3.8, 4) is 0 Å². The van der Waals surface area contributed by atoms with Crippen LogP contribution in [-0.2, 0) is 17.9 Å². The van der Waals surface area contributed by atoms with Gasteiger partial charge >= 0.3 is 0 Å². The van der Waals surface area contributed by atoms with Crippen LogP contribution in [0.5, 0.6) is 0 Å². The van der Waals surface area contributed by atoms with Gasteiger partial charge < -0.3 is 4.90 Å². The quantitative estimate of drug-likeness (QED) is 0.733. The van der Waals surface area contributed by atoms with Crippen molar-refractivity contribution in [3.05, 3.63) is 24.8 Å². The van der Waals surface area contributed by atoms with Crippen molar-refractivity contribution in [2.24, 2.45) is 0 Å². The van der Waals surface area contributed by atoms with Gasteiger partial charge in [-0.15, -0.1) is 5.10 Å². The van der Waals surface area contributed by atoms with E-state index in [1.807, 2.05) is 28.0 Å². The molecule has 1 amide bonds. The fourth-order valence-corrected chi connectivity index (χ4v) is 3.05. The van der Waals surface area contributed by atoms with Crippen molar-refractivity contribution >= 4 is 5.91 Å². The number of rotatable bonds is 6. The zero-order chi connectivity index (χ0) is 16.8. The van der Waals surface area contributed by atoms with Crippen LogP contribution in [0.3, 0.4) is 0 Å². The first-order valence-electron chi connectivity index (χ1n) is 8.42. The van der Waals surface area contributed by atoms with Crippen molar-refractivity contribution < 1.29 is 4.79 Å². The Morgan fingerprint density at radius 2 is 2.12 bits per heavy atom. The second-order valence-corrected chi connectivity index (χ2v) is 6.18. The topological polar surface area (TPSA) is 85.0 Å². The molecule has 2 aromatic rings. The standard InChI is InChI=1S/C15H24N8O/c1-14(4-9-22-8-2-5-17-22)20-6-3-7-21(11-10-20)15(24)12-23-13-16-18-19-23/h2,5,8,13-14H,3-4,6-7,9-12H2,1H3. The Bertz CT molecular complexity index is 611. The van der Waals surface area contributed by atoms with E-state index in [9.17, 15) is 4.79 Å². The highest BCUT2D eigenvalue weighted by atomic mass is 16.2. The smallest absolute Gasteiger partial charge is 0.244 e. The van der Waals surface area contributed by atoms with E-state index in [4.69, 9.17) is 0 Å². The Hall–Kier alpha value is -2.29. The zero-order valence-electron chi connectivity index (χ0n) is 14.0. The summed E-state index contributed by atoms with van der Waals surface area (Å²) in [4.78, 5) is 16.7. The van der Waals surface area contributed by atoms with E-state index in [0.29, 0.717) is 6.04 Å². The summed E-state index contributed by atoms with van der Waals surface area (Å²) in [7, 11) is 0. The Kier molecular flexibility index (Phi) is 5.52. The molecule has 24 heavy (non-hydrogen) atoms. The highest BCUT2D eigenvalue weighted by Gasteiger charge is 2.22. The number of tetrazole rings is 1. The van der Waals surface area contributed by atoms with Crippen LogP contribution in [0, 0.1) is 0 Å². The van der Waals surface area contributed by atoms with Gasteiger partial charge in [-0.05, 0) is 36.3 Å². The van der Waals surface area contributed by atoms with Crippen LogP contribution in [0.15, 0.2) is 24.8 Å². The van der Waals surface area contributed by atoms with Gasteiger partial charge in [-0.1, -0.05) is 0 Å². The molecule has 9 heteroatoms. The summed E-state index contributed by atoms with van der Waals surface area (Å²) in [6, 6.07) is 2.42. The minimum Gasteiger partial charge on any atom is -0.340 e. The van der Waals surface area contributed by atoms with Crippen molar-refractivity contribution in [2.45, 2.75) is 38.9 Å². The maximum atomic E-state index is 12.4. The number of hydrogen-bond acceptors (Lipinski definition) is 6. The molecule has 1 fully saturated rings. The fraction of sp³-hybridized carbons (Fsp3) is 0.667. The first-order chi connectivity index (χ1) is 11.7. The van der Waals surface area contributed by atoms with Crippen LogP contribution in [0.25, 0.3) is 0 Å². The lowest BCUT2D eigenvalue weighted by Crippen LogP contribution is -2.39. The average molecular weight is 332 g/mol. The number of carbonyl (C=O) groups is 1. The molecule has 0 N–H and O–H groups in total. The Morgan fingerprint density at radius 3 is 2.88 bits per heavy atom. The predicted molar refractivity (Wildman–Crippen MR) is 86.9 cm³/mol. The second-order valence-electron chi connectivity index (χ2n) is 6.18. The number of aromatic nitrogens is 6. The molecule has 0 aromatic carbocycles. The summed E-state index contributed by atoms with van der Waals surface area (Å²) >= 11 is 0. The van der Waals surface area contributed by atoms with Gasteiger partial charge in [-0.3, -0.25) is 14.4 Å². The third kappa shape index (κ3) is 4.38. The summed E-state index contributed by atoms with van der Waals surface area (Å²) in [6.45, 7) is 6.86. The molecule has 2 aromatic heterocycles. The van der Waals surface area contributed by atoms with Gasteiger partial charge in [0.1, 0.15) is 12.9 Å². The van der Waals surface area contributed by atoms with Gasteiger partial charge in [0.25, 0.3) is 0 Å². The van der Waals surface area contributed by atoms with E-state index in [2.05, 4.69) is 32.4 Å². The Balaban J connectivity index is 1.46. The molecule has 1 aliphatic heterocycles. The first-order valence-corrected chi connectivity index (χ1v) is 8.42. The van der Waals surface area contributed by atoms with Gasteiger partial charge in [0, 0.05) is 51.2 Å². The largest absolute Gasteiger partial charge is 0.340 e. The van der Waals surface area contributed by atoms with Crippen LogP contribution < -0.4 is 0 Å². The van der Waals surface area contributed by atoms with Crippen LogP contribution in [0.1, 0.15) is 19.8 Å². The molecule has 3 rings (SSSR count). The third-order valence-corrected chi connectivity index (χ3v) is 4.53. The molecule has 1 aliphatic rings. The van der Waals surface area contributed by atoms with Crippen molar-refractivity contribution in [1.29, 1.82) is 0 Å². The molecule has 1 unspecified atom stereocenters. The first kappa shape index (κ1) is 16.6. The molecule has 0 spiro atoms. The SMILES string of the molecule is CC(CCn1cccn1)N1CCCN(C(=O)Cn2cnnn2)CC1. The van der Waals surface area contributed by atoms with E-state index in [0.717, 1.165) is 45.6 Å². The summed E-state index contributed by atoms with van der Waals surface area (Å²) in [5.74, 6) is 0.0772. The number of amides is 1. The van der Waals surface area contributed by atoms with Gasteiger partial charge in [-0.2, -0.15) is 5.10 Å². The minimum atomic E-state index is 0.0772. The Labute approximate surface area is 141 Å². The lowest BCUT2D eigenvalue weighted by molar-refractivity contribution is -0.132. The number of hydrogen-bond donors (Lipinski definition) is 0. The average Bonchev–Trinajstić information content (AvgIpc) is 3.22. The van der Waals surface area contributed by atoms with Crippen LogP contribution >= 0.6 is 0 Å². The lowest BCUT2D eigenvalue weighted by atomic mass is 10.2. The predicted octanol–water partition coefficient (Wildman–Crippen LogP) is -0.117. The van der Waals surface area contributed by atoms with E-state index in [1.54, 1.807) is 0 Å². The van der Waals surface area contributed by atoms with Crippen LogP contribution in [0.4, 0.5) is 0 Å². The van der Waals surface area contributed by atoms with Gasteiger partial charge in [-0.25, -0.2) is 4.68 Å². The third-order valence-electron chi connectivity index (χ3n) is 4.53. The number of aryl methyl sites for hydroxylation is 1. The van der Waals surface area contributed by atoms with E-state index in [-0.39, 0.29) is 12.5 Å². The maximum Gasteiger partial charge on any atom is 0.244 e. The minimum absolute atomic E-state index is 0.0772. The molecule has 0 bridgehead atoms. The normalized spacial score (nSPS) is 17.6. The molecule has 130 valence electrons. The van der Waals surface area contributed by atoms with Crippen LogP contribution in [0.2, 0.25) is 0 Å². The van der Waals surface area contributed by atoms with Gasteiger partial charge in [0.05, 0.1) is 0 Å². The highest BCUT2D eigenvalue weighted by molar-refractivity contribution is 5.75. The lowest BCUT2D eigenvalue weighted by Gasteiger charge is -2.27. The molecular weight excluding hydrogens is 308 g/mol. The van der Waals surface area contributed by atoms with E-state index >= 15 is 0 Å². The second kappa shape index (κ2) is 8.00. The summed E-state index contributed by atoms with van der Waals surface area (Å²) in [6.07, 6.45) is 7.33. The van der Waals surface area contributed by atoms with Crippen molar-refractivity contribution in [3.63, 3.8) is 0 Å².